The third kappa shape index (κ3) is 31.5. The standard InChI is InChI=1S/C8H20N4.4C2H4O2/c9-5-7(11)8(12)4-2-1-3-6(8)10;4*1-2(3)4/h6-7H,1-5,9-12H2;4*1H3,(H,3,4)/t6-,7?,8+;;;;/m1..../s1. The van der Waals surface area contributed by atoms with E-state index in [0.717, 1.165) is 53.4 Å². The lowest BCUT2D eigenvalue weighted by molar-refractivity contribution is -0.135. The lowest BCUT2D eigenvalue weighted by Gasteiger charge is -2.43. The summed E-state index contributed by atoms with van der Waals surface area (Å²) in [6, 6.07) is -0.141. The molecule has 0 radical (unpaired) electrons. The number of aliphatic carboxylic acids is 4. The van der Waals surface area contributed by atoms with Gasteiger partial charge < -0.3 is 43.4 Å². The van der Waals surface area contributed by atoms with E-state index in [9.17, 15) is 0 Å². The largest absolute Gasteiger partial charge is 0.481 e. The van der Waals surface area contributed by atoms with Crippen LogP contribution in [-0.4, -0.2) is 68.5 Å². The number of carbonyl (C=O) groups is 4. The molecule has 12 nitrogen and oxygen atoms in total. The zero-order valence-corrected chi connectivity index (χ0v) is 16.9. The normalized spacial score (nSPS) is 20.5. The first-order chi connectivity index (χ1) is 12.5. The first kappa shape index (κ1) is 33.3. The van der Waals surface area contributed by atoms with Crippen molar-refractivity contribution in [2.45, 2.75) is 71.0 Å². The molecule has 0 amide bonds. The maximum absolute atomic E-state index is 9.00. The molecule has 1 aliphatic carbocycles. The van der Waals surface area contributed by atoms with E-state index in [1.807, 2.05) is 0 Å². The van der Waals surface area contributed by atoms with Gasteiger partial charge in [-0.25, -0.2) is 0 Å². The Hall–Kier alpha value is -2.28. The fraction of sp³-hybridized carbons (Fsp3) is 0.750. The van der Waals surface area contributed by atoms with Crippen molar-refractivity contribution in [2.24, 2.45) is 22.9 Å². The number of nitrogens with two attached hydrogens (primary N) is 4. The van der Waals surface area contributed by atoms with Gasteiger partial charge in [0.25, 0.3) is 23.9 Å². The molecule has 0 bridgehead atoms. The minimum absolute atomic E-state index is 0.0183. The minimum atomic E-state index is -0.833. The lowest BCUT2D eigenvalue weighted by atomic mass is 9.74. The zero-order valence-electron chi connectivity index (χ0n) is 16.9. The van der Waals surface area contributed by atoms with Crippen molar-refractivity contribution in [1.29, 1.82) is 0 Å². The minimum Gasteiger partial charge on any atom is -0.481 e. The average molecular weight is 412 g/mol. The van der Waals surface area contributed by atoms with E-state index < -0.39 is 29.4 Å². The van der Waals surface area contributed by atoms with E-state index in [-0.39, 0.29) is 12.1 Å². The zero-order chi connectivity index (χ0) is 23.5. The van der Waals surface area contributed by atoms with Gasteiger partial charge in [-0.15, -0.1) is 0 Å². The van der Waals surface area contributed by atoms with Gasteiger partial charge in [0, 0.05) is 51.9 Å². The monoisotopic (exact) mass is 412 g/mol. The van der Waals surface area contributed by atoms with Gasteiger partial charge in [-0.3, -0.25) is 19.2 Å². The number of hydrogen-bond donors (Lipinski definition) is 8. The maximum atomic E-state index is 9.00. The SMILES string of the molecule is CC(=O)O.CC(=O)O.CC(=O)O.CC(=O)O.NCC(N)[C@]1(N)CCCC[C@H]1N. The van der Waals surface area contributed by atoms with Crippen LogP contribution in [-0.2, 0) is 19.2 Å². The molecule has 1 fully saturated rings. The van der Waals surface area contributed by atoms with Crippen molar-refractivity contribution in [3.63, 3.8) is 0 Å². The van der Waals surface area contributed by atoms with Gasteiger partial charge in [0.15, 0.2) is 0 Å². The average Bonchev–Trinajstić information content (AvgIpc) is 2.47. The molecule has 1 unspecified atom stereocenters. The van der Waals surface area contributed by atoms with Gasteiger partial charge in [-0.05, 0) is 12.8 Å². The summed E-state index contributed by atoms with van der Waals surface area (Å²) in [5, 5.41) is 29.7. The first-order valence-electron chi connectivity index (χ1n) is 8.32. The van der Waals surface area contributed by atoms with Gasteiger partial charge in [0.2, 0.25) is 0 Å². The maximum Gasteiger partial charge on any atom is 0.300 e. The molecule has 168 valence electrons. The van der Waals surface area contributed by atoms with Crippen LogP contribution < -0.4 is 22.9 Å². The lowest BCUT2D eigenvalue weighted by Crippen LogP contribution is -2.68. The van der Waals surface area contributed by atoms with Crippen LogP contribution in [0, 0.1) is 0 Å². The fourth-order valence-electron chi connectivity index (χ4n) is 1.93. The molecule has 1 aliphatic rings. The molecule has 0 saturated heterocycles. The van der Waals surface area contributed by atoms with Crippen molar-refractivity contribution in [1.82, 2.24) is 0 Å². The topological polar surface area (TPSA) is 253 Å². The van der Waals surface area contributed by atoms with E-state index in [1.165, 1.54) is 0 Å². The number of hydrogen-bond acceptors (Lipinski definition) is 8. The molecule has 1 saturated carbocycles. The molecule has 0 aliphatic heterocycles. The molecule has 12 N–H and O–H groups in total. The van der Waals surface area contributed by atoms with Crippen LogP contribution in [0.2, 0.25) is 0 Å². The molecule has 0 aromatic heterocycles. The highest BCUT2D eigenvalue weighted by Crippen LogP contribution is 2.26. The summed E-state index contributed by atoms with van der Waals surface area (Å²) in [6.45, 7) is 4.75. The van der Waals surface area contributed by atoms with Crippen molar-refractivity contribution in [2.75, 3.05) is 6.54 Å². The molecule has 0 spiro atoms. The Morgan fingerprint density at radius 1 is 0.893 bits per heavy atom. The van der Waals surface area contributed by atoms with Crippen molar-refractivity contribution < 1.29 is 39.6 Å². The fourth-order valence-corrected chi connectivity index (χ4v) is 1.93. The van der Waals surface area contributed by atoms with Gasteiger partial charge in [-0.2, -0.15) is 0 Å². The van der Waals surface area contributed by atoms with Crippen LogP contribution in [0.15, 0.2) is 0 Å². The van der Waals surface area contributed by atoms with Crippen molar-refractivity contribution in [3.8, 4) is 0 Å². The summed E-state index contributed by atoms with van der Waals surface area (Å²) in [5.74, 6) is -3.33. The summed E-state index contributed by atoms with van der Waals surface area (Å²) in [6.07, 6.45) is 4.17. The Balaban J connectivity index is -0.000000150. The quantitative estimate of drug-likeness (QED) is 0.278. The second-order valence-corrected chi connectivity index (χ2v) is 5.88. The number of carboxylic acid groups (broad SMARTS) is 4. The molecule has 0 aromatic carbocycles. The van der Waals surface area contributed by atoms with Gasteiger partial charge in [-0.1, -0.05) is 12.8 Å². The molecule has 1 rings (SSSR count). The van der Waals surface area contributed by atoms with Crippen LogP contribution >= 0.6 is 0 Å². The van der Waals surface area contributed by atoms with E-state index in [0.29, 0.717) is 6.54 Å². The summed E-state index contributed by atoms with van der Waals surface area (Å²) < 4.78 is 0. The molecule has 12 heteroatoms. The summed E-state index contributed by atoms with van der Waals surface area (Å²) >= 11 is 0. The second-order valence-electron chi connectivity index (χ2n) is 5.88. The van der Waals surface area contributed by atoms with Gasteiger partial charge >= 0.3 is 0 Å². The highest BCUT2D eigenvalue weighted by Gasteiger charge is 2.39. The van der Waals surface area contributed by atoms with Crippen LogP contribution in [0.25, 0.3) is 0 Å². The van der Waals surface area contributed by atoms with Gasteiger partial charge in [0.05, 0.1) is 0 Å². The molecular formula is C16H36N4O8. The first-order valence-corrected chi connectivity index (χ1v) is 8.32. The molecule has 28 heavy (non-hydrogen) atoms. The van der Waals surface area contributed by atoms with Crippen LogP contribution in [0.5, 0.6) is 0 Å². The van der Waals surface area contributed by atoms with E-state index in [4.69, 9.17) is 62.5 Å². The Labute approximate surface area is 164 Å². The molecule has 3 atom stereocenters. The summed E-state index contributed by atoms with van der Waals surface area (Å²) in [7, 11) is 0. The van der Waals surface area contributed by atoms with E-state index in [2.05, 4.69) is 0 Å². The Morgan fingerprint density at radius 2 is 1.18 bits per heavy atom. The van der Waals surface area contributed by atoms with Gasteiger partial charge in [0.1, 0.15) is 0 Å². The highest BCUT2D eigenvalue weighted by atomic mass is 16.4. The summed E-state index contributed by atoms with van der Waals surface area (Å²) in [5.41, 5.74) is 23.0. The Morgan fingerprint density at radius 3 is 1.39 bits per heavy atom. The van der Waals surface area contributed by atoms with Crippen LogP contribution in [0.1, 0.15) is 53.4 Å². The Kier molecular flexibility index (Phi) is 23.2. The van der Waals surface area contributed by atoms with Crippen LogP contribution in [0.3, 0.4) is 0 Å². The second kappa shape index (κ2) is 19.5. The van der Waals surface area contributed by atoms with Crippen molar-refractivity contribution >= 4 is 23.9 Å². The van der Waals surface area contributed by atoms with E-state index in [1.54, 1.807) is 0 Å². The molecule has 0 heterocycles. The third-order valence-corrected chi connectivity index (χ3v) is 3.01. The molecular weight excluding hydrogens is 376 g/mol. The highest BCUT2D eigenvalue weighted by molar-refractivity contribution is 5.63. The predicted octanol–water partition coefficient (Wildman–Crippen LogP) is -0.765. The van der Waals surface area contributed by atoms with E-state index >= 15 is 0 Å². The summed E-state index contributed by atoms with van der Waals surface area (Å²) in [4.78, 5) is 36.0. The smallest absolute Gasteiger partial charge is 0.300 e. The third-order valence-electron chi connectivity index (χ3n) is 3.01. The predicted molar refractivity (Wildman–Crippen MR) is 104 cm³/mol. The number of carboxylic acids is 4. The Bertz CT molecular complexity index is 392. The number of rotatable bonds is 2. The van der Waals surface area contributed by atoms with Crippen molar-refractivity contribution in [3.05, 3.63) is 0 Å². The van der Waals surface area contributed by atoms with Crippen LogP contribution in [0.4, 0.5) is 0 Å². The molecule has 0 aromatic rings.